The molecular weight excluding hydrogens is 342 g/mol. The molecular formula is C17H25N3O2S2. The number of thioether (sulfide) groups is 1. The zero-order valence-electron chi connectivity index (χ0n) is 15.1. The number of carbonyl (C=O) groups is 1. The van der Waals surface area contributed by atoms with Gasteiger partial charge in [0.15, 0.2) is 5.16 Å². The standard InChI is InChI=1S/C17H25N3O2S2/c1-7-20-16(22)13-10(4)11(5)23-15(13)19-17(20)24-12(6)14(21)18-8-9(2)3/h9,12H,7-8H2,1-6H3,(H,18,21)/t12-/m0/s1. The number of hydrogen-bond donors (Lipinski definition) is 1. The fraction of sp³-hybridized carbons (Fsp3) is 0.588. The molecule has 2 rings (SSSR count). The van der Waals surface area contributed by atoms with E-state index in [0.717, 1.165) is 15.3 Å². The zero-order valence-corrected chi connectivity index (χ0v) is 16.7. The van der Waals surface area contributed by atoms with Crippen LogP contribution in [0.25, 0.3) is 10.2 Å². The van der Waals surface area contributed by atoms with Crippen LogP contribution in [0.5, 0.6) is 0 Å². The fourth-order valence-electron chi connectivity index (χ4n) is 2.34. The summed E-state index contributed by atoms with van der Waals surface area (Å²) in [6.45, 7) is 13.1. The van der Waals surface area contributed by atoms with Crippen LogP contribution in [-0.4, -0.2) is 27.3 Å². The van der Waals surface area contributed by atoms with Gasteiger partial charge in [0.1, 0.15) is 4.83 Å². The topological polar surface area (TPSA) is 64.0 Å². The molecule has 0 unspecified atom stereocenters. The van der Waals surface area contributed by atoms with Crippen LogP contribution in [0, 0.1) is 19.8 Å². The number of hydrogen-bond acceptors (Lipinski definition) is 5. The number of amides is 1. The molecule has 0 spiro atoms. The van der Waals surface area contributed by atoms with Gasteiger partial charge in [-0.3, -0.25) is 14.2 Å². The minimum Gasteiger partial charge on any atom is -0.355 e. The second kappa shape index (κ2) is 7.70. The molecule has 0 radical (unpaired) electrons. The quantitative estimate of drug-likeness (QED) is 0.628. The molecule has 0 aliphatic heterocycles. The van der Waals surface area contributed by atoms with Crippen molar-refractivity contribution < 1.29 is 4.79 Å². The third kappa shape index (κ3) is 3.83. The Balaban J connectivity index is 2.35. The van der Waals surface area contributed by atoms with E-state index in [4.69, 9.17) is 0 Å². The molecule has 24 heavy (non-hydrogen) atoms. The Hall–Kier alpha value is -1.34. The summed E-state index contributed by atoms with van der Waals surface area (Å²) >= 11 is 2.88. The number of carbonyl (C=O) groups excluding carboxylic acids is 1. The Morgan fingerprint density at radius 3 is 2.58 bits per heavy atom. The summed E-state index contributed by atoms with van der Waals surface area (Å²) in [5.74, 6) is 0.385. The first kappa shape index (κ1) is 19.0. The molecule has 0 fully saturated rings. The van der Waals surface area contributed by atoms with Gasteiger partial charge in [0.05, 0.1) is 10.6 Å². The van der Waals surface area contributed by atoms with Gasteiger partial charge in [0.2, 0.25) is 5.91 Å². The highest BCUT2D eigenvalue weighted by Gasteiger charge is 2.20. The maximum Gasteiger partial charge on any atom is 0.263 e. The molecule has 1 atom stereocenters. The van der Waals surface area contributed by atoms with Crippen LogP contribution >= 0.6 is 23.1 Å². The van der Waals surface area contributed by atoms with Crippen LogP contribution in [0.15, 0.2) is 9.95 Å². The van der Waals surface area contributed by atoms with Crippen molar-refractivity contribution in [2.75, 3.05) is 6.54 Å². The van der Waals surface area contributed by atoms with Gasteiger partial charge in [0.25, 0.3) is 5.56 Å². The lowest BCUT2D eigenvalue weighted by molar-refractivity contribution is -0.120. The van der Waals surface area contributed by atoms with Crippen molar-refractivity contribution in [3.63, 3.8) is 0 Å². The number of rotatable bonds is 6. The lowest BCUT2D eigenvalue weighted by atomic mass is 10.2. The highest BCUT2D eigenvalue weighted by Crippen LogP contribution is 2.29. The molecule has 5 nitrogen and oxygen atoms in total. The summed E-state index contributed by atoms with van der Waals surface area (Å²) in [7, 11) is 0. The second-order valence-electron chi connectivity index (χ2n) is 6.31. The Morgan fingerprint density at radius 2 is 2.00 bits per heavy atom. The van der Waals surface area contributed by atoms with Gasteiger partial charge in [-0.05, 0) is 39.2 Å². The van der Waals surface area contributed by atoms with E-state index < -0.39 is 0 Å². The van der Waals surface area contributed by atoms with E-state index in [-0.39, 0.29) is 16.7 Å². The molecule has 0 aliphatic carbocycles. The molecule has 0 aliphatic rings. The molecule has 0 saturated heterocycles. The number of thiophene rings is 1. The normalized spacial score (nSPS) is 12.8. The molecule has 2 aromatic heterocycles. The van der Waals surface area contributed by atoms with Crippen LogP contribution in [0.3, 0.4) is 0 Å². The Bertz CT molecular complexity index is 808. The van der Waals surface area contributed by atoms with Crippen LogP contribution < -0.4 is 10.9 Å². The SMILES string of the molecule is CCn1c(S[C@@H](C)C(=O)NCC(C)C)nc2sc(C)c(C)c2c1=O. The van der Waals surface area contributed by atoms with E-state index in [0.29, 0.717) is 29.6 Å². The molecule has 0 saturated carbocycles. The lowest BCUT2D eigenvalue weighted by Gasteiger charge is -2.15. The predicted octanol–water partition coefficient (Wildman–Crippen LogP) is 3.35. The van der Waals surface area contributed by atoms with E-state index in [1.54, 1.807) is 4.57 Å². The highest BCUT2D eigenvalue weighted by molar-refractivity contribution is 8.00. The summed E-state index contributed by atoms with van der Waals surface area (Å²) in [4.78, 5) is 31.6. The first-order valence-corrected chi connectivity index (χ1v) is 9.90. The first-order chi connectivity index (χ1) is 11.3. The van der Waals surface area contributed by atoms with E-state index in [1.165, 1.54) is 23.1 Å². The van der Waals surface area contributed by atoms with Crippen molar-refractivity contribution >= 4 is 39.2 Å². The fourth-order valence-corrected chi connectivity index (χ4v) is 4.40. The summed E-state index contributed by atoms with van der Waals surface area (Å²) in [5.41, 5.74) is 0.996. The van der Waals surface area contributed by atoms with Gasteiger partial charge in [0, 0.05) is 18.0 Å². The van der Waals surface area contributed by atoms with Gasteiger partial charge in [-0.25, -0.2) is 4.98 Å². The van der Waals surface area contributed by atoms with Crippen molar-refractivity contribution in [3.05, 3.63) is 20.8 Å². The number of aryl methyl sites for hydroxylation is 2. The lowest BCUT2D eigenvalue weighted by Crippen LogP contribution is -2.34. The van der Waals surface area contributed by atoms with Crippen LogP contribution in [-0.2, 0) is 11.3 Å². The molecule has 1 N–H and O–H groups in total. The summed E-state index contributed by atoms with van der Waals surface area (Å²) < 4.78 is 1.67. The molecule has 1 amide bonds. The number of nitrogens with one attached hydrogen (secondary N) is 1. The zero-order chi connectivity index (χ0) is 18.0. The van der Waals surface area contributed by atoms with Crippen molar-refractivity contribution in [1.29, 1.82) is 0 Å². The number of aromatic nitrogens is 2. The predicted molar refractivity (Wildman–Crippen MR) is 102 cm³/mol. The van der Waals surface area contributed by atoms with Crippen molar-refractivity contribution in [2.45, 2.75) is 58.5 Å². The monoisotopic (exact) mass is 367 g/mol. The molecule has 2 heterocycles. The largest absolute Gasteiger partial charge is 0.355 e. The summed E-state index contributed by atoms with van der Waals surface area (Å²) in [6.07, 6.45) is 0. The molecule has 132 valence electrons. The van der Waals surface area contributed by atoms with Gasteiger partial charge < -0.3 is 5.32 Å². The maximum absolute atomic E-state index is 12.8. The minimum atomic E-state index is -0.298. The van der Waals surface area contributed by atoms with Crippen LogP contribution in [0.1, 0.15) is 38.1 Å². The second-order valence-corrected chi connectivity index (χ2v) is 8.82. The third-order valence-electron chi connectivity index (χ3n) is 3.91. The number of fused-ring (bicyclic) bond motifs is 1. The summed E-state index contributed by atoms with van der Waals surface area (Å²) in [6, 6.07) is 0. The Morgan fingerprint density at radius 1 is 1.33 bits per heavy atom. The van der Waals surface area contributed by atoms with Crippen molar-refractivity contribution in [2.24, 2.45) is 5.92 Å². The summed E-state index contributed by atoms with van der Waals surface area (Å²) in [5, 5.41) is 3.96. The van der Waals surface area contributed by atoms with E-state index in [2.05, 4.69) is 24.1 Å². The third-order valence-corrected chi connectivity index (χ3v) is 6.10. The van der Waals surface area contributed by atoms with Crippen LogP contribution in [0.2, 0.25) is 0 Å². The molecule has 0 bridgehead atoms. The first-order valence-electron chi connectivity index (χ1n) is 8.21. The molecule has 2 aromatic rings. The van der Waals surface area contributed by atoms with Gasteiger partial charge >= 0.3 is 0 Å². The van der Waals surface area contributed by atoms with Crippen LogP contribution in [0.4, 0.5) is 0 Å². The number of nitrogens with zero attached hydrogens (tertiary/aromatic N) is 2. The minimum absolute atomic E-state index is 0.0124. The average molecular weight is 368 g/mol. The highest BCUT2D eigenvalue weighted by atomic mass is 32.2. The Kier molecular flexibility index (Phi) is 6.09. The molecule has 7 heteroatoms. The van der Waals surface area contributed by atoms with E-state index in [9.17, 15) is 9.59 Å². The Labute approximate surface area is 150 Å². The van der Waals surface area contributed by atoms with E-state index >= 15 is 0 Å². The van der Waals surface area contributed by atoms with Crippen molar-refractivity contribution in [1.82, 2.24) is 14.9 Å². The smallest absolute Gasteiger partial charge is 0.263 e. The molecule has 0 aromatic carbocycles. The van der Waals surface area contributed by atoms with E-state index in [1.807, 2.05) is 27.7 Å². The average Bonchev–Trinajstić information content (AvgIpc) is 2.79. The van der Waals surface area contributed by atoms with Gasteiger partial charge in [-0.15, -0.1) is 11.3 Å². The maximum atomic E-state index is 12.8. The van der Waals surface area contributed by atoms with Crippen molar-refractivity contribution in [3.8, 4) is 0 Å². The van der Waals surface area contributed by atoms with Gasteiger partial charge in [-0.1, -0.05) is 25.6 Å². The van der Waals surface area contributed by atoms with Gasteiger partial charge in [-0.2, -0.15) is 0 Å².